The van der Waals surface area contributed by atoms with Crippen molar-refractivity contribution in [3.8, 4) is 0 Å². The number of nitrogens with zero attached hydrogens (tertiary/aromatic N) is 2. The molecular weight excluding hydrogens is 228 g/mol. The van der Waals surface area contributed by atoms with Gasteiger partial charge in [0.1, 0.15) is 5.82 Å². The first-order chi connectivity index (χ1) is 7.57. The fourth-order valence-corrected chi connectivity index (χ4v) is 3.62. The summed E-state index contributed by atoms with van der Waals surface area (Å²) < 4.78 is 25.0. The summed E-state index contributed by atoms with van der Waals surface area (Å²) in [7, 11) is -2.96. The summed E-state index contributed by atoms with van der Waals surface area (Å²) in [5.41, 5.74) is 7.55. The van der Waals surface area contributed by atoms with E-state index in [0.29, 0.717) is 12.2 Å². The van der Waals surface area contributed by atoms with E-state index in [1.165, 1.54) is 0 Å². The molecular formula is C9H14N4O2S. The van der Waals surface area contributed by atoms with Crippen molar-refractivity contribution in [1.29, 1.82) is 0 Å². The molecule has 3 rings (SSSR count). The van der Waals surface area contributed by atoms with Crippen LogP contribution in [0.2, 0.25) is 0 Å². The van der Waals surface area contributed by atoms with Crippen molar-refractivity contribution in [3.63, 3.8) is 0 Å². The topological polar surface area (TPSA) is 90.0 Å². The molecule has 1 aromatic heterocycles. The van der Waals surface area contributed by atoms with Gasteiger partial charge in [0.2, 0.25) is 0 Å². The second-order valence-corrected chi connectivity index (χ2v) is 6.59. The van der Waals surface area contributed by atoms with Crippen LogP contribution in [0.15, 0.2) is 0 Å². The Bertz CT molecular complexity index is 530. The van der Waals surface area contributed by atoms with Gasteiger partial charge in [0, 0.05) is 18.7 Å². The molecule has 0 aliphatic carbocycles. The van der Waals surface area contributed by atoms with Gasteiger partial charge in [-0.05, 0) is 6.42 Å². The molecule has 2 aliphatic rings. The number of rotatable bonds is 1. The second kappa shape index (κ2) is 3.21. The van der Waals surface area contributed by atoms with Crippen molar-refractivity contribution >= 4 is 15.7 Å². The van der Waals surface area contributed by atoms with Crippen LogP contribution >= 0.6 is 0 Å². The van der Waals surface area contributed by atoms with Crippen LogP contribution in [0.4, 0.5) is 5.82 Å². The fraction of sp³-hybridized carbons (Fsp3) is 0.667. The molecule has 2 aliphatic heterocycles. The van der Waals surface area contributed by atoms with Gasteiger partial charge in [-0.15, -0.1) is 0 Å². The molecule has 3 N–H and O–H groups in total. The molecule has 0 amide bonds. The molecule has 1 saturated heterocycles. The zero-order valence-electron chi connectivity index (χ0n) is 8.81. The predicted molar refractivity (Wildman–Crippen MR) is 59.7 cm³/mol. The summed E-state index contributed by atoms with van der Waals surface area (Å²) in [4.78, 5) is 0. The summed E-state index contributed by atoms with van der Waals surface area (Å²) in [6, 6.07) is 0.263. The van der Waals surface area contributed by atoms with Crippen LogP contribution in [0.5, 0.6) is 0 Å². The van der Waals surface area contributed by atoms with E-state index in [9.17, 15) is 8.42 Å². The fourth-order valence-electron chi connectivity index (χ4n) is 2.23. The van der Waals surface area contributed by atoms with Crippen molar-refractivity contribution in [1.82, 2.24) is 15.1 Å². The number of nitrogens with one attached hydrogen (secondary N) is 1. The van der Waals surface area contributed by atoms with Crippen LogP contribution < -0.4 is 11.1 Å². The molecule has 16 heavy (non-hydrogen) atoms. The van der Waals surface area contributed by atoms with Crippen molar-refractivity contribution in [3.05, 3.63) is 11.3 Å². The number of anilines is 1. The number of nitrogen functional groups attached to an aromatic ring is 1. The van der Waals surface area contributed by atoms with E-state index in [1.54, 1.807) is 4.68 Å². The molecule has 0 spiro atoms. The lowest BCUT2D eigenvalue weighted by Gasteiger charge is -2.29. The van der Waals surface area contributed by atoms with Gasteiger partial charge >= 0.3 is 0 Å². The van der Waals surface area contributed by atoms with Gasteiger partial charge < -0.3 is 11.1 Å². The van der Waals surface area contributed by atoms with Crippen LogP contribution in [0, 0.1) is 0 Å². The van der Waals surface area contributed by atoms with Gasteiger partial charge in [0.05, 0.1) is 23.2 Å². The second-order valence-electron chi connectivity index (χ2n) is 4.41. The third-order valence-electron chi connectivity index (χ3n) is 3.28. The Morgan fingerprint density at radius 1 is 1.44 bits per heavy atom. The van der Waals surface area contributed by atoms with Crippen LogP contribution in [-0.4, -0.2) is 37.0 Å². The van der Waals surface area contributed by atoms with Crippen LogP contribution in [0.3, 0.4) is 0 Å². The predicted octanol–water partition coefficient (Wildman–Crippen LogP) is -0.920. The van der Waals surface area contributed by atoms with Crippen molar-refractivity contribution in [2.45, 2.75) is 18.2 Å². The molecule has 1 fully saturated rings. The summed E-state index contributed by atoms with van der Waals surface area (Å²) in [5, 5.41) is 7.42. The van der Waals surface area contributed by atoms with Gasteiger partial charge in [-0.25, -0.2) is 8.42 Å². The number of aromatic nitrogens is 2. The Hall–Kier alpha value is -1.08. The highest BCUT2D eigenvalue weighted by atomic mass is 32.2. The first-order valence-electron chi connectivity index (χ1n) is 5.34. The lowest BCUT2D eigenvalue weighted by atomic mass is 10.1. The largest absolute Gasteiger partial charge is 0.382 e. The monoisotopic (exact) mass is 242 g/mol. The lowest BCUT2D eigenvalue weighted by molar-refractivity contribution is 0.312. The van der Waals surface area contributed by atoms with E-state index in [0.717, 1.165) is 24.3 Å². The molecule has 0 aromatic carbocycles. The van der Waals surface area contributed by atoms with E-state index in [1.807, 2.05) is 0 Å². The van der Waals surface area contributed by atoms with E-state index in [-0.39, 0.29) is 17.5 Å². The Labute approximate surface area is 93.7 Å². The Morgan fingerprint density at radius 2 is 2.19 bits per heavy atom. The maximum absolute atomic E-state index is 11.6. The molecule has 0 radical (unpaired) electrons. The van der Waals surface area contributed by atoms with E-state index < -0.39 is 9.84 Å². The first kappa shape index (κ1) is 10.1. The average Bonchev–Trinajstić information content (AvgIpc) is 2.39. The minimum Gasteiger partial charge on any atom is -0.382 e. The van der Waals surface area contributed by atoms with Gasteiger partial charge in [0.25, 0.3) is 0 Å². The standard InChI is InChI=1S/C9H14N4O2S/c10-9-7-1-2-16(14,15)5-8(7)13(12-9)6-3-11-4-6/h6,11H,1-5H2,(H2,10,12). The molecule has 1 aromatic rings. The first-order valence-corrected chi connectivity index (χ1v) is 7.16. The summed E-state index contributed by atoms with van der Waals surface area (Å²) >= 11 is 0. The van der Waals surface area contributed by atoms with Gasteiger partial charge in [-0.3, -0.25) is 4.68 Å². The van der Waals surface area contributed by atoms with Crippen molar-refractivity contribution in [2.75, 3.05) is 24.6 Å². The Morgan fingerprint density at radius 3 is 2.81 bits per heavy atom. The SMILES string of the molecule is Nc1nn(C2CNC2)c2c1CCS(=O)(=O)C2. The molecule has 0 bridgehead atoms. The Kier molecular flexibility index (Phi) is 2.02. The maximum atomic E-state index is 11.6. The lowest BCUT2D eigenvalue weighted by Crippen LogP contribution is -2.44. The average molecular weight is 242 g/mol. The zero-order valence-corrected chi connectivity index (χ0v) is 9.63. The normalized spacial score (nSPS) is 23.8. The minimum atomic E-state index is -2.96. The molecule has 6 nitrogen and oxygen atoms in total. The molecule has 0 atom stereocenters. The van der Waals surface area contributed by atoms with Crippen LogP contribution in [0.25, 0.3) is 0 Å². The highest BCUT2D eigenvalue weighted by Gasteiger charge is 2.31. The number of sulfone groups is 1. The summed E-state index contributed by atoms with van der Waals surface area (Å²) in [5.74, 6) is 0.777. The molecule has 7 heteroatoms. The highest BCUT2D eigenvalue weighted by molar-refractivity contribution is 7.90. The van der Waals surface area contributed by atoms with Crippen molar-refractivity contribution in [2.24, 2.45) is 0 Å². The third kappa shape index (κ3) is 1.42. The van der Waals surface area contributed by atoms with Crippen molar-refractivity contribution < 1.29 is 8.42 Å². The zero-order chi connectivity index (χ0) is 11.3. The summed E-state index contributed by atoms with van der Waals surface area (Å²) in [6.45, 7) is 1.68. The number of nitrogens with two attached hydrogens (primary N) is 1. The van der Waals surface area contributed by atoms with Gasteiger partial charge in [-0.1, -0.05) is 0 Å². The molecule has 3 heterocycles. The number of hydrogen-bond acceptors (Lipinski definition) is 5. The molecule has 0 unspecified atom stereocenters. The van der Waals surface area contributed by atoms with Gasteiger partial charge in [0.15, 0.2) is 9.84 Å². The Balaban J connectivity index is 2.08. The quantitative estimate of drug-likeness (QED) is 0.665. The number of hydrogen-bond donors (Lipinski definition) is 2. The maximum Gasteiger partial charge on any atom is 0.156 e. The third-order valence-corrected chi connectivity index (χ3v) is 4.81. The summed E-state index contributed by atoms with van der Waals surface area (Å²) in [6.07, 6.45) is 0.504. The van der Waals surface area contributed by atoms with E-state index in [4.69, 9.17) is 5.73 Å². The smallest absolute Gasteiger partial charge is 0.156 e. The number of fused-ring (bicyclic) bond motifs is 1. The minimum absolute atomic E-state index is 0.0863. The molecule has 88 valence electrons. The van der Waals surface area contributed by atoms with E-state index >= 15 is 0 Å². The van der Waals surface area contributed by atoms with Crippen LogP contribution in [0.1, 0.15) is 17.3 Å². The molecule has 0 saturated carbocycles. The van der Waals surface area contributed by atoms with Gasteiger partial charge in [-0.2, -0.15) is 5.10 Å². The van der Waals surface area contributed by atoms with Crippen LogP contribution in [-0.2, 0) is 22.0 Å². The van der Waals surface area contributed by atoms with E-state index in [2.05, 4.69) is 10.4 Å². The highest BCUT2D eigenvalue weighted by Crippen LogP contribution is 2.28.